The van der Waals surface area contributed by atoms with Crippen molar-refractivity contribution >= 4 is 34.8 Å². The Morgan fingerprint density at radius 2 is 1.83 bits per heavy atom. The van der Waals surface area contributed by atoms with E-state index in [4.69, 9.17) is 27.9 Å². The Labute approximate surface area is 214 Å². The third-order valence-corrected chi connectivity index (χ3v) is 5.87. The molecule has 36 heavy (non-hydrogen) atoms. The Bertz CT molecular complexity index is 1470. The number of carbonyl (C=O) groups excluding carboxylic acids is 1. The number of para-hydroxylation sites is 1. The lowest BCUT2D eigenvalue weighted by atomic mass is 10.1. The van der Waals surface area contributed by atoms with Gasteiger partial charge in [-0.3, -0.25) is 9.78 Å². The first-order valence-corrected chi connectivity index (χ1v) is 11.7. The predicted octanol–water partition coefficient (Wildman–Crippen LogP) is 6.24. The van der Waals surface area contributed by atoms with Crippen LogP contribution in [0.2, 0.25) is 10.0 Å². The summed E-state index contributed by atoms with van der Waals surface area (Å²) in [7, 11) is 0. The largest absolute Gasteiger partial charge is 0.493 e. The third-order valence-electron chi connectivity index (χ3n) is 5.23. The van der Waals surface area contributed by atoms with Crippen LogP contribution in [0.1, 0.15) is 30.1 Å². The summed E-state index contributed by atoms with van der Waals surface area (Å²) in [5, 5.41) is 6.86. The number of aromatic nitrogens is 3. The van der Waals surface area contributed by atoms with Crippen LogP contribution >= 0.6 is 23.2 Å². The maximum atomic E-state index is 15.3. The van der Waals surface area contributed by atoms with Crippen molar-refractivity contribution in [1.82, 2.24) is 14.8 Å². The zero-order valence-corrected chi connectivity index (χ0v) is 20.5. The van der Waals surface area contributed by atoms with E-state index in [-0.39, 0.29) is 40.1 Å². The molecule has 0 saturated carbocycles. The smallest absolute Gasteiger partial charge is 0.348 e. The van der Waals surface area contributed by atoms with E-state index in [0.29, 0.717) is 17.0 Å². The zero-order chi connectivity index (χ0) is 25.8. The standard InChI is InChI=1S/C25H20Cl2F2N4O3/c1-2-3-11-36-21-13-20(33-25(35)31-23(32-33)14-7-4-5-8-16(14)26)19(29)12-15(21)24(34)30-22-17(27)9-6-10-18(22)28/h4-10,12-13H,2-3,11H2,1H3,(H,30,34)(H,31,32,35). The molecule has 0 aliphatic carbocycles. The Morgan fingerprint density at radius 1 is 1.08 bits per heavy atom. The molecular formula is C25H20Cl2F2N4O3. The van der Waals surface area contributed by atoms with Crippen LogP contribution in [0.5, 0.6) is 5.75 Å². The molecule has 0 aliphatic rings. The van der Waals surface area contributed by atoms with Gasteiger partial charge in [0.25, 0.3) is 5.91 Å². The van der Waals surface area contributed by atoms with E-state index in [1.807, 2.05) is 6.92 Å². The highest BCUT2D eigenvalue weighted by molar-refractivity contribution is 6.34. The molecule has 11 heteroatoms. The second-order valence-electron chi connectivity index (χ2n) is 7.72. The molecular weight excluding hydrogens is 513 g/mol. The maximum Gasteiger partial charge on any atom is 0.348 e. The highest BCUT2D eigenvalue weighted by atomic mass is 35.5. The fraction of sp³-hybridized carbons (Fsp3) is 0.160. The average Bonchev–Trinajstić information content (AvgIpc) is 3.23. The summed E-state index contributed by atoms with van der Waals surface area (Å²) in [6.07, 6.45) is 1.46. The first kappa shape index (κ1) is 25.4. The van der Waals surface area contributed by atoms with E-state index < -0.39 is 23.2 Å². The number of rotatable bonds is 8. The van der Waals surface area contributed by atoms with Gasteiger partial charge in [-0.25, -0.2) is 13.6 Å². The lowest BCUT2D eigenvalue weighted by Crippen LogP contribution is -2.20. The topological polar surface area (TPSA) is 89.0 Å². The van der Waals surface area contributed by atoms with E-state index >= 15 is 4.39 Å². The first-order chi connectivity index (χ1) is 17.3. The lowest BCUT2D eigenvalue weighted by molar-refractivity contribution is 0.102. The molecule has 7 nitrogen and oxygen atoms in total. The second-order valence-corrected chi connectivity index (χ2v) is 8.54. The highest BCUT2D eigenvalue weighted by Crippen LogP contribution is 2.30. The number of H-pyrrole nitrogens is 1. The molecule has 1 aromatic heterocycles. The van der Waals surface area contributed by atoms with Gasteiger partial charge in [0.2, 0.25) is 0 Å². The van der Waals surface area contributed by atoms with Crippen LogP contribution in [-0.2, 0) is 0 Å². The van der Waals surface area contributed by atoms with Crippen LogP contribution in [0.4, 0.5) is 14.5 Å². The van der Waals surface area contributed by atoms with Crippen molar-refractivity contribution in [3.8, 4) is 22.8 Å². The number of amides is 1. The van der Waals surface area contributed by atoms with Crippen LogP contribution < -0.4 is 15.7 Å². The molecule has 0 aliphatic heterocycles. The number of unbranched alkanes of at least 4 members (excludes halogenated alkanes) is 1. The Balaban J connectivity index is 1.76. The van der Waals surface area contributed by atoms with Gasteiger partial charge in [0.05, 0.1) is 27.9 Å². The molecule has 0 unspecified atom stereocenters. The molecule has 0 bridgehead atoms. The van der Waals surface area contributed by atoms with Crippen LogP contribution in [0.15, 0.2) is 59.4 Å². The SMILES string of the molecule is CCCCOc1cc(-n2nc(-c3ccccc3Cl)[nH]c2=O)c(F)cc1C(=O)Nc1c(F)cccc1Cl. The van der Waals surface area contributed by atoms with E-state index in [2.05, 4.69) is 15.4 Å². The number of hydrogen-bond donors (Lipinski definition) is 2. The second kappa shape index (κ2) is 10.9. The van der Waals surface area contributed by atoms with Gasteiger partial charge in [0, 0.05) is 11.6 Å². The number of carbonyl (C=O) groups is 1. The number of ether oxygens (including phenoxy) is 1. The summed E-state index contributed by atoms with van der Waals surface area (Å²) in [6, 6.07) is 12.7. The van der Waals surface area contributed by atoms with Gasteiger partial charge in [-0.1, -0.05) is 54.7 Å². The maximum absolute atomic E-state index is 15.3. The fourth-order valence-corrected chi connectivity index (χ4v) is 3.82. The number of halogens is 4. The van der Waals surface area contributed by atoms with Crippen molar-refractivity contribution in [1.29, 1.82) is 0 Å². The van der Waals surface area contributed by atoms with Gasteiger partial charge < -0.3 is 10.1 Å². The number of nitrogens with zero attached hydrogens (tertiary/aromatic N) is 2. The summed E-state index contributed by atoms with van der Waals surface area (Å²) in [4.78, 5) is 28.2. The summed E-state index contributed by atoms with van der Waals surface area (Å²) in [6.45, 7) is 2.18. The van der Waals surface area contributed by atoms with Crippen molar-refractivity contribution in [3.05, 3.63) is 92.3 Å². The van der Waals surface area contributed by atoms with Crippen molar-refractivity contribution < 1.29 is 18.3 Å². The quantitative estimate of drug-likeness (QED) is 0.263. The van der Waals surface area contributed by atoms with E-state index in [0.717, 1.165) is 23.2 Å². The molecule has 0 radical (unpaired) electrons. The normalized spacial score (nSPS) is 10.9. The van der Waals surface area contributed by atoms with Crippen molar-refractivity contribution in [2.24, 2.45) is 0 Å². The van der Waals surface area contributed by atoms with Crippen molar-refractivity contribution in [2.75, 3.05) is 11.9 Å². The first-order valence-electron chi connectivity index (χ1n) is 11.0. The number of aromatic amines is 1. The summed E-state index contributed by atoms with van der Waals surface area (Å²) in [5.74, 6) is -2.41. The van der Waals surface area contributed by atoms with Gasteiger partial charge in [-0.15, -0.1) is 5.10 Å². The summed E-state index contributed by atoms with van der Waals surface area (Å²) < 4.78 is 36.0. The minimum Gasteiger partial charge on any atom is -0.493 e. The molecule has 1 heterocycles. The number of benzene rings is 3. The average molecular weight is 533 g/mol. The van der Waals surface area contributed by atoms with Crippen LogP contribution in [0.3, 0.4) is 0 Å². The van der Waals surface area contributed by atoms with Gasteiger partial charge in [-0.2, -0.15) is 4.68 Å². The Morgan fingerprint density at radius 3 is 2.56 bits per heavy atom. The molecule has 2 N–H and O–H groups in total. The van der Waals surface area contributed by atoms with E-state index in [9.17, 15) is 14.0 Å². The van der Waals surface area contributed by atoms with Crippen molar-refractivity contribution in [2.45, 2.75) is 19.8 Å². The number of nitrogens with one attached hydrogen (secondary N) is 2. The fourth-order valence-electron chi connectivity index (χ4n) is 3.39. The third kappa shape index (κ3) is 5.27. The van der Waals surface area contributed by atoms with Crippen LogP contribution in [0, 0.1) is 11.6 Å². The lowest BCUT2D eigenvalue weighted by Gasteiger charge is -2.15. The molecule has 0 fully saturated rings. The van der Waals surface area contributed by atoms with Crippen LogP contribution in [-0.4, -0.2) is 27.3 Å². The monoisotopic (exact) mass is 532 g/mol. The molecule has 0 spiro atoms. The Hall–Kier alpha value is -3.69. The number of hydrogen-bond acceptors (Lipinski definition) is 4. The zero-order valence-electron chi connectivity index (χ0n) is 18.9. The molecule has 4 rings (SSSR count). The number of anilines is 1. The molecule has 0 atom stereocenters. The molecule has 186 valence electrons. The molecule has 0 saturated heterocycles. The summed E-state index contributed by atoms with van der Waals surface area (Å²) >= 11 is 12.2. The highest BCUT2D eigenvalue weighted by Gasteiger charge is 2.22. The van der Waals surface area contributed by atoms with Gasteiger partial charge >= 0.3 is 5.69 Å². The van der Waals surface area contributed by atoms with Gasteiger partial charge in [-0.05, 0) is 36.8 Å². The van der Waals surface area contributed by atoms with Crippen molar-refractivity contribution in [3.63, 3.8) is 0 Å². The van der Waals surface area contributed by atoms with E-state index in [1.54, 1.807) is 24.3 Å². The van der Waals surface area contributed by atoms with Crippen LogP contribution in [0.25, 0.3) is 17.1 Å². The summed E-state index contributed by atoms with van der Waals surface area (Å²) in [5.41, 5.74) is -0.976. The Kier molecular flexibility index (Phi) is 7.71. The van der Waals surface area contributed by atoms with Gasteiger partial charge in [0.15, 0.2) is 5.82 Å². The molecule has 4 aromatic rings. The van der Waals surface area contributed by atoms with E-state index in [1.165, 1.54) is 18.2 Å². The molecule has 1 amide bonds. The minimum atomic E-state index is -0.929. The molecule has 3 aromatic carbocycles. The minimum absolute atomic E-state index is 0.0148. The predicted molar refractivity (Wildman–Crippen MR) is 134 cm³/mol. The van der Waals surface area contributed by atoms with Gasteiger partial charge in [0.1, 0.15) is 23.1 Å².